The molecule has 2 fully saturated rings. The normalized spacial score (nSPS) is 23.1. The van der Waals surface area contributed by atoms with Crippen LogP contribution in [-0.2, 0) is 4.74 Å². The monoisotopic (exact) mass is 299 g/mol. The Hall–Kier alpha value is -0.160. The Labute approximate surface area is 132 Å². The molecular weight excluding hydrogens is 262 g/mol. The second kappa shape index (κ2) is 10.5. The maximum atomic E-state index is 6.06. The Morgan fingerprint density at radius 3 is 2.05 bits per heavy atom. The van der Waals surface area contributed by atoms with Crippen molar-refractivity contribution in [3.8, 4) is 0 Å². The molecule has 2 aliphatic rings. The third-order valence-electron chi connectivity index (χ3n) is 4.56. The maximum Gasteiger partial charge on any atom is 0.0600 e. The lowest BCUT2D eigenvalue weighted by Crippen LogP contribution is -2.46. The molecule has 2 saturated heterocycles. The van der Waals surface area contributed by atoms with Crippen molar-refractivity contribution in [1.29, 1.82) is 0 Å². The lowest BCUT2D eigenvalue weighted by Gasteiger charge is -2.35. The number of piperazine rings is 1. The van der Waals surface area contributed by atoms with Crippen molar-refractivity contribution < 1.29 is 4.74 Å². The van der Waals surface area contributed by atoms with Crippen LogP contribution in [0, 0.1) is 0 Å². The van der Waals surface area contributed by atoms with Crippen molar-refractivity contribution >= 4 is 0 Å². The molecule has 2 aliphatic heterocycles. The van der Waals surface area contributed by atoms with Crippen molar-refractivity contribution in [2.75, 3.05) is 59.5 Å². The Morgan fingerprint density at radius 2 is 1.52 bits per heavy atom. The van der Waals surface area contributed by atoms with E-state index in [0.29, 0.717) is 12.1 Å². The number of likely N-dealkylation sites (tertiary alicyclic amines) is 1. The third-order valence-corrected chi connectivity index (χ3v) is 4.56. The molecule has 4 nitrogen and oxygen atoms in total. The summed E-state index contributed by atoms with van der Waals surface area (Å²) in [6.45, 7) is 17.8. The van der Waals surface area contributed by atoms with Gasteiger partial charge in [0, 0.05) is 51.9 Å². The molecule has 0 aliphatic carbocycles. The van der Waals surface area contributed by atoms with Crippen LogP contribution in [-0.4, -0.2) is 86.3 Å². The zero-order chi connectivity index (χ0) is 15.7. The van der Waals surface area contributed by atoms with Crippen LogP contribution in [0.5, 0.6) is 0 Å². The van der Waals surface area contributed by atoms with Crippen LogP contribution in [0.15, 0.2) is 0 Å². The van der Waals surface area contributed by atoms with Gasteiger partial charge in [-0.2, -0.15) is 0 Å². The molecular formula is C17H37N3O. The lowest BCUT2D eigenvalue weighted by atomic mass is 10.1. The van der Waals surface area contributed by atoms with E-state index in [-0.39, 0.29) is 0 Å². The van der Waals surface area contributed by atoms with Crippen LogP contribution in [0.25, 0.3) is 0 Å². The van der Waals surface area contributed by atoms with Crippen molar-refractivity contribution in [2.45, 2.75) is 52.7 Å². The van der Waals surface area contributed by atoms with E-state index < -0.39 is 0 Å². The summed E-state index contributed by atoms with van der Waals surface area (Å²) >= 11 is 0. The standard InChI is InChI=1S/C15H31N3O.C2H6/c1-14(2)18-6-4-15(5-7-18)19-13-12-17-10-8-16(3)9-11-17;1-2/h14-15H,4-13H2,1-3H3;1-2H3. The van der Waals surface area contributed by atoms with Crippen LogP contribution < -0.4 is 0 Å². The van der Waals surface area contributed by atoms with Crippen LogP contribution in [0.4, 0.5) is 0 Å². The van der Waals surface area contributed by atoms with Crippen molar-refractivity contribution in [1.82, 2.24) is 14.7 Å². The SMILES string of the molecule is CC.CC(C)N1CCC(OCCN2CCN(C)CC2)CC1. The molecule has 0 unspecified atom stereocenters. The fraction of sp³-hybridized carbons (Fsp3) is 1.00. The summed E-state index contributed by atoms with van der Waals surface area (Å²) in [5.41, 5.74) is 0. The highest BCUT2D eigenvalue weighted by Gasteiger charge is 2.21. The Morgan fingerprint density at radius 1 is 0.952 bits per heavy atom. The predicted octanol–water partition coefficient (Wildman–Crippen LogP) is 2.15. The van der Waals surface area contributed by atoms with E-state index in [2.05, 4.69) is 35.6 Å². The Balaban J connectivity index is 0.00000106. The first kappa shape index (κ1) is 18.9. The topological polar surface area (TPSA) is 19.0 Å². The van der Waals surface area contributed by atoms with E-state index in [1.807, 2.05) is 13.8 Å². The molecule has 0 spiro atoms. The first-order valence-corrected chi connectivity index (χ1v) is 8.91. The highest BCUT2D eigenvalue weighted by molar-refractivity contribution is 4.75. The van der Waals surface area contributed by atoms with E-state index in [0.717, 1.165) is 13.2 Å². The summed E-state index contributed by atoms with van der Waals surface area (Å²) < 4.78 is 6.06. The van der Waals surface area contributed by atoms with Gasteiger partial charge in [-0.05, 0) is 33.7 Å². The number of hydrogen-bond donors (Lipinski definition) is 0. The first-order valence-electron chi connectivity index (χ1n) is 8.91. The van der Waals surface area contributed by atoms with E-state index in [1.165, 1.54) is 52.1 Å². The fourth-order valence-electron chi connectivity index (χ4n) is 2.98. The Kier molecular flexibility index (Phi) is 9.49. The fourth-order valence-corrected chi connectivity index (χ4v) is 2.98. The van der Waals surface area contributed by atoms with Crippen LogP contribution in [0.3, 0.4) is 0 Å². The minimum absolute atomic E-state index is 0.502. The number of likely N-dealkylation sites (N-methyl/N-ethyl adjacent to an activating group) is 1. The van der Waals surface area contributed by atoms with Gasteiger partial charge in [-0.15, -0.1) is 0 Å². The van der Waals surface area contributed by atoms with Crippen LogP contribution >= 0.6 is 0 Å². The lowest BCUT2D eigenvalue weighted by molar-refractivity contribution is -0.0104. The van der Waals surface area contributed by atoms with E-state index in [9.17, 15) is 0 Å². The van der Waals surface area contributed by atoms with Gasteiger partial charge in [0.15, 0.2) is 0 Å². The highest BCUT2D eigenvalue weighted by atomic mass is 16.5. The molecule has 126 valence electrons. The molecule has 2 heterocycles. The molecule has 0 aromatic carbocycles. The summed E-state index contributed by atoms with van der Waals surface area (Å²) in [5.74, 6) is 0. The average Bonchev–Trinajstić information content (AvgIpc) is 2.52. The molecule has 21 heavy (non-hydrogen) atoms. The quantitative estimate of drug-likeness (QED) is 0.774. The van der Waals surface area contributed by atoms with Gasteiger partial charge in [-0.25, -0.2) is 0 Å². The van der Waals surface area contributed by atoms with Gasteiger partial charge in [0.2, 0.25) is 0 Å². The molecule has 0 aromatic heterocycles. The summed E-state index contributed by atoms with van der Waals surface area (Å²) in [7, 11) is 2.20. The van der Waals surface area contributed by atoms with Crippen LogP contribution in [0.1, 0.15) is 40.5 Å². The number of nitrogens with zero attached hydrogens (tertiary/aromatic N) is 3. The second-order valence-electron chi connectivity index (χ2n) is 6.34. The summed E-state index contributed by atoms with van der Waals surface area (Å²) in [6.07, 6.45) is 2.92. The highest BCUT2D eigenvalue weighted by Crippen LogP contribution is 2.15. The number of ether oxygens (including phenoxy) is 1. The number of piperidine rings is 1. The molecule has 0 saturated carbocycles. The molecule has 0 atom stereocenters. The molecule has 4 heteroatoms. The summed E-state index contributed by atoms with van der Waals surface area (Å²) in [6, 6.07) is 0.686. The molecule has 0 amide bonds. The minimum atomic E-state index is 0.502. The van der Waals surface area contributed by atoms with E-state index in [4.69, 9.17) is 4.74 Å². The number of hydrogen-bond acceptors (Lipinski definition) is 4. The molecule has 0 radical (unpaired) electrons. The van der Waals surface area contributed by atoms with Crippen molar-refractivity contribution in [3.05, 3.63) is 0 Å². The number of rotatable bonds is 5. The second-order valence-corrected chi connectivity index (χ2v) is 6.34. The predicted molar refractivity (Wildman–Crippen MR) is 91.0 cm³/mol. The average molecular weight is 300 g/mol. The third kappa shape index (κ3) is 7.09. The summed E-state index contributed by atoms with van der Waals surface area (Å²) in [5, 5.41) is 0. The largest absolute Gasteiger partial charge is 0.377 e. The summed E-state index contributed by atoms with van der Waals surface area (Å²) in [4.78, 5) is 7.49. The van der Waals surface area contributed by atoms with Gasteiger partial charge in [-0.1, -0.05) is 13.8 Å². The molecule has 0 N–H and O–H groups in total. The first-order chi connectivity index (χ1) is 10.1. The minimum Gasteiger partial charge on any atom is -0.377 e. The van der Waals surface area contributed by atoms with Gasteiger partial charge in [0.1, 0.15) is 0 Å². The zero-order valence-corrected chi connectivity index (χ0v) is 15.0. The Bertz CT molecular complexity index is 244. The molecule has 0 bridgehead atoms. The molecule has 2 rings (SSSR count). The molecule has 0 aromatic rings. The van der Waals surface area contributed by atoms with Gasteiger partial charge in [-0.3, -0.25) is 4.90 Å². The van der Waals surface area contributed by atoms with Gasteiger partial charge in [0.05, 0.1) is 12.7 Å². The van der Waals surface area contributed by atoms with Crippen molar-refractivity contribution in [3.63, 3.8) is 0 Å². The van der Waals surface area contributed by atoms with E-state index in [1.54, 1.807) is 0 Å². The van der Waals surface area contributed by atoms with Crippen molar-refractivity contribution in [2.24, 2.45) is 0 Å². The zero-order valence-electron chi connectivity index (χ0n) is 15.0. The van der Waals surface area contributed by atoms with Gasteiger partial charge in [0.25, 0.3) is 0 Å². The van der Waals surface area contributed by atoms with Gasteiger partial charge >= 0.3 is 0 Å². The maximum absolute atomic E-state index is 6.06. The van der Waals surface area contributed by atoms with E-state index >= 15 is 0 Å². The van der Waals surface area contributed by atoms with Crippen LogP contribution in [0.2, 0.25) is 0 Å². The smallest absolute Gasteiger partial charge is 0.0600 e. The van der Waals surface area contributed by atoms with Gasteiger partial charge < -0.3 is 14.5 Å².